The molecule has 0 aliphatic heterocycles. The largest absolute Gasteiger partial charge is 0.416 e. The summed E-state index contributed by atoms with van der Waals surface area (Å²) in [6.07, 6.45) is -8.91. The summed E-state index contributed by atoms with van der Waals surface area (Å²) in [5.74, 6) is 0. The molecule has 0 saturated carbocycles. The summed E-state index contributed by atoms with van der Waals surface area (Å²) >= 11 is 5.64. The molecule has 9 heteroatoms. The van der Waals surface area contributed by atoms with Crippen LogP contribution < -0.4 is 5.32 Å². The quantitative estimate of drug-likeness (QED) is 0.643. The lowest BCUT2D eigenvalue weighted by molar-refractivity contribution is -0.172. The molecule has 1 aromatic carbocycles. The van der Waals surface area contributed by atoms with Crippen LogP contribution in [0.25, 0.3) is 0 Å². The van der Waals surface area contributed by atoms with Gasteiger partial charge < -0.3 is 10.1 Å². The molecule has 0 amide bonds. The van der Waals surface area contributed by atoms with Crippen molar-refractivity contribution in [3.05, 3.63) is 28.8 Å². The van der Waals surface area contributed by atoms with Crippen molar-refractivity contribution >= 4 is 17.3 Å². The zero-order valence-electron chi connectivity index (χ0n) is 9.91. The lowest BCUT2D eigenvalue weighted by Crippen LogP contribution is -2.20. The topological polar surface area (TPSA) is 21.3 Å². The van der Waals surface area contributed by atoms with Gasteiger partial charge >= 0.3 is 12.4 Å². The number of benzene rings is 1. The summed E-state index contributed by atoms with van der Waals surface area (Å²) in [7, 11) is 0. The number of halogens is 7. The van der Waals surface area contributed by atoms with E-state index in [9.17, 15) is 26.3 Å². The maximum atomic E-state index is 12.4. The molecule has 1 aromatic rings. The molecule has 1 rings (SSSR count). The van der Waals surface area contributed by atoms with Gasteiger partial charge in [-0.05, 0) is 18.2 Å². The number of alkyl halides is 6. The second-order valence-corrected chi connectivity index (χ2v) is 4.19. The van der Waals surface area contributed by atoms with Crippen LogP contribution in [0.15, 0.2) is 18.2 Å². The standard InChI is InChI=1S/C11H10ClF6NO/c12-8-5-7(11(16,17)18)1-2-9(8)19-3-4-20-6-10(13,14)15/h1-2,5,19H,3-4,6H2. The molecule has 0 saturated heterocycles. The Hall–Kier alpha value is -1.15. The van der Waals surface area contributed by atoms with E-state index in [1.807, 2.05) is 0 Å². The van der Waals surface area contributed by atoms with Gasteiger partial charge in [0.15, 0.2) is 0 Å². The molecular formula is C11H10ClF6NO. The molecule has 0 aliphatic rings. The van der Waals surface area contributed by atoms with Crippen molar-refractivity contribution in [1.82, 2.24) is 0 Å². The van der Waals surface area contributed by atoms with Crippen molar-refractivity contribution in [2.24, 2.45) is 0 Å². The smallest absolute Gasteiger partial charge is 0.382 e. The highest BCUT2D eigenvalue weighted by atomic mass is 35.5. The van der Waals surface area contributed by atoms with Gasteiger partial charge in [-0.25, -0.2) is 0 Å². The highest BCUT2D eigenvalue weighted by molar-refractivity contribution is 6.33. The van der Waals surface area contributed by atoms with Crippen molar-refractivity contribution in [3.8, 4) is 0 Å². The summed E-state index contributed by atoms with van der Waals surface area (Å²) in [4.78, 5) is 0. The number of hydrogen-bond acceptors (Lipinski definition) is 2. The second kappa shape index (κ2) is 6.53. The van der Waals surface area contributed by atoms with E-state index in [0.717, 1.165) is 18.2 Å². The normalized spacial score (nSPS) is 12.6. The minimum absolute atomic E-state index is 0.0127. The van der Waals surface area contributed by atoms with E-state index in [0.29, 0.717) is 0 Å². The highest BCUT2D eigenvalue weighted by Gasteiger charge is 2.31. The fraction of sp³-hybridized carbons (Fsp3) is 0.455. The van der Waals surface area contributed by atoms with E-state index in [4.69, 9.17) is 11.6 Å². The molecule has 114 valence electrons. The average molecular weight is 322 g/mol. The Labute approximate surface area is 115 Å². The number of nitrogens with one attached hydrogen (secondary N) is 1. The molecule has 0 aliphatic carbocycles. The maximum absolute atomic E-state index is 12.4. The van der Waals surface area contributed by atoms with Gasteiger partial charge in [0.25, 0.3) is 0 Å². The molecule has 0 unspecified atom stereocenters. The van der Waals surface area contributed by atoms with Crippen LogP contribution in [0.5, 0.6) is 0 Å². The first kappa shape index (κ1) is 16.9. The molecule has 0 radical (unpaired) electrons. The lowest BCUT2D eigenvalue weighted by atomic mass is 10.2. The first-order valence-electron chi connectivity index (χ1n) is 5.35. The Morgan fingerprint density at radius 1 is 1.10 bits per heavy atom. The average Bonchev–Trinajstić information content (AvgIpc) is 2.27. The van der Waals surface area contributed by atoms with E-state index in [2.05, 4.69) is 10.1 Å². The van der Waals surface area contributed by atoms with Crippen LogP contribution in [-0.2, 0) is 10.9 Å². The Morgan fingerprint density at radius 3 is 2.25 bits per heavy atom. The third-order valence-electron chi connectivity index (χ3n) is 2.12. The lowest BCUT2D eigenvalue weighted by Gasteiger charge is -2.12. The van der Waals surface area contributed by atoms with Crippen molar-refractivity contribution in [2.45, 2.75) is 12.4 Å². The first-order chi connectivity index (χ1) is 9.09. The van der Waals surface area contributed by atoms with Crippen LogP contribution in [0.4, 0.5) is 32.0 Å². The van der Waals surface area contributed by atoms with Crippen LogP contribution in [0.2, 0.25) is 5.02 Å². The second-order valence-electron chi connectivity index (χ2n) is 3.79. The molecule has 0 atom stereocenters. The van der Waals surface area contributed by atoms with Gasteiger partial charge in [0.2, 0.25) is 0 Å². The fourth-order valence-corrected chi connectivity index (χ4v) is 1.53. The highest BCUT2D eigenvalue weighted by Crippen LogP contribution is 2.33. The summed E-state index contributed by atoms with van der Waals surface area (Å²) in [5.41, 5.74) is -0.711. The van der Waals surface area contributed by atoms with E-state index >= 15 is 0 Å². The van der Waals surface area contributed by atoms with Gasteiger partial charge in [0.1, 0.15) is 6.61 Å². The predicted octanol–water partition coefficient (Wildman–Crippen LogP) is 4.35. The minimum atomic E-state index is -4.50. The van der Waals surface area contributed by atoms with E-state index in [1.54, 1.807) is 0 Å². The zero-order valence-corrected chi connectivity index (χ0v) is 10.7. The number of hydrogen-bond donors (Lipinski definition) is 1. The molecule has 20 heavy (non-hydrogen) atoms. The van der Waals surface area contributed by atoms with Gasteiger partial charge in [-0.3, -0.25) is 0 Å². The fourth-order valence-electron chi connectivity index (χ4n) is 1.28. The van der Waals surface area contributed by atoms with Crippen molar-refractivity contribution in [2.75, 3.05) is 25.1 Å². The van der Waals surface area contributed by atoms with Crippen LogP contribution in [-0.4, -0.2) is 25.9 Å². The first-order valence-corrected chi connectivity index (χ1v) is 5.72. The molecule has 0 aromatic heterocycles. The van der Waals surface area contributed by atoms with Gasteiger partial charge in [-0.1, -0.05) is 11.6 Å². The predicted molar refractivity (Wildman–Crippen MR) is 61.8 cm³/mol. The molecule has 2 nitrogen and oxygen atoms in total. The third-order valence-corrected chi connectivity index (χ3v) is 2.44. The molecular weight excluding hydrogens is 312 g/mol. The Balaban J connectivity index is 2.46. The molecule has 1 N–H and O–H groups in total. The number of anilines is 1. The SMILES string of the molecule is FC(F)(F)COCCNc1ccc(C(F)(F)F)cc1Cl. The van der Waals surface area contributed by atoms with Gasteiger partial charge in [-0.2, -0.15) is 26.3 Å². The van der Waals surface area contributed by atoms with Gasteiger partial charge in [-0.15, -0.1) is 0 Å². The van der Waals surface area contributed by atoms with Crippen molar-refractivity contribution < 1.29 is 31.1 Å². The molecule has 0 fully saturated rings. The molecule has 0 bridgehead atoms. The Bertz CT molecular complexity index is 446. The zero-order chi connectivity index (χ0) is 15.4. The molecule has 0 spiro atoms. The molecule has 0 heterocycles. The minimum Gasteiger partial charge on any atom is -0.382 e. The van der Waals surface area contributed by atoms with E-state index in [1.165, 1.54) is 0 Å². The monoisotopic (exact) mass is 321 g/mol. The van der Waals surface area contributed by atoms with Crippen LogP contribution in [0.1, 0.15) is 5.56 Å². The maximum Gasteiger partial charge on any atom is 0.416 e. The van der Waals surface area contributed by atoms with Crippen LogP contribution in [0, 0.1) is 0 Å². The van der Waals surface area contributed by atoms with Crippen molar-refractivity contribution in [1.29, 1.82) is 0 Å². The van der Waals surface area contributed by atoms with E-state index < -0.39 is 24.5 Å². The third kappa shape index (κ3) is 5.87. The van der Waals surface area contributed by atoms with Crippen LogP contribution in [0.3, 0.4) is 0 Å². The van der Waals surface area contributed by atoms with E-state index in [-0.39, 0.29) is 23.9 Å². The summed E-state index contributed by atoms with van der Waals surface area (Å²) < 4.78 is 76.7. The Morgan fingerprint density at radius 2 is 1.75 bits per heavy atom. The summed E-state index contributed by atoms with van der Waals surface area (Å²) in [6, 6.07) is 2.67. The van der Waals surface area contributed by atoms with Crippen molar-refractivity contribution in [3.63, 3.8) is 0 Å². The van der Waals surface area contributed by atoms with Crippen LogP contribution >= 0.6 is 11.6 Å². The summed E-state index contributed by atoms with van der Waals surface area (Å²) in [6.45, 7) is -1.65. The van der Waals surface area contributed by atoms with Gasteiger partial charge in [0, 0.05) is 6.54 Å². The number of ether oxygens (including phenoxy) is 1. The number of rotatable bonds is 5. The Kier molecular flexibility index (Phi) is 5.52. The summed E-state index contributed by atoms with van der Waals surface area (Å²) in [5, 5.41) is 2.42. The van der Waals surface area contributed by atoms with Gasteiger partial charge in [0.05, 0.1) is 22.9 Å².